The van der Waals surface area contributed by atoms with Gasteiger partial charge < -0.3 is 9.64 Å². The van der Waals surface area contributed by atoms with Crippen molar-refractivity contribution in [3.05, 3.63) is 59.2 Å². The number of ether oxygens (including phenoxy) is 1. The van der Waals surface area contributed by atoms with Gasteiger partial charge in [-0.15, -0.1) is 0 Å². The molecular weight excluding hydrogens is 294 g/mol. The highest BCUT2D eigenvalue weighted by atomic mass is 16.5. The van der Waals surface area contributed by atoms with E-state index in [1.165, 1.54) is 29.1 Å². The largest absolute Gasteiger partial charge is 0.451 e. The van der Waals surface area contributed by atoms with Crippen molar-refractivity contribution >= 4 is 11.9 Å². The van der Waals surface area contributed by atoms with Crippen LogP contribution in [0.5, 0.6) is 0 Å². The molecule has 1 heterocycles. The number of aryl methyl sites for hydroxylation is 2. The predicted molar refractivity (Wildman–Crippen MR) is 84.7 cm³/mol. The first-order valence-corrected chi connectivity index (χ1v) is 7.20. The number of aromatic nitrogens is 2. The minimum absolute atomic E-state index is 0.0809. The molecule has 0 bridgehead atoms. The molecule has 6 nitrogen and oxygen atoms in total. The van der Waals surface area contributed by atoms with Crippen molar-refractivity contribution in [2.75, 3.05) is 13.7 Å². The van der Waals surface area contributed by atoms with Crippen molar-refractivity contribution < 1.29 is 14.3 Å². The number of amides is 1. The van der Waals surface area contributed by atoms with Crippen LogP contribution in [-0.4, -0.2) is 40.4 Å². The van der Waals surface area contributed by atoms with Crippen LogP contribution in [-0.2, 0) is 16.1 Å². The lowest BCUT2D eigenvalue weighted by Crippen LogP contribution is -2.31. The third-order valence-corrected chi connectivity index (χ3v) is 3.43. The Hall–Kier alpha value is -2.76. The van der Waals surface area contributed by atoms with Gasteiger partial charge >= 0.3 is 5.97 Å². The van der Waals surface area contributed by atoms with E-state index in [4.69, 9.17) is 4.74 Å². The first-order chi connectivity index (χ1) is 11.0. The SMILES string of the molecule is Cc1ccc(CN(C)C(=O)COC(=O)c2cnccn2)c(C)c1. The maximum absolute atomic E-state index is 12.1. The number of likely N-dealkylation sites (N-methyl/N-ethyl adjacent to an activating group) is 1. The smallest absolute Gasteiger partial charge is 0.359 e. The summed E-state index contributed by atoms with van der Waals surface area (Å²) in [6.07, 6.45) is 4.15. The third-order valence-electron chi connectivity index (χ3n) is 3.43. The van der Waals surface area contributed by atoms with E-state index < -0.39 is 5.97 Å². The highest BCUT2D eigenvalue weighted by Gasteiger charge is 2.15. The van der Waals surface area contributed by atoms with Crippen LogP contribution in [0.25, 0.3) is 0 Å². The Morgan fingerprint density at radius 3 is 2.65 bits per heavy atom. The molecule has 0 N–H and O–H groups in total. The minimum atomic E-state index is -0.661. The van der Waals surface area contributed by atoms with Crippen molar-refractivity contribution in [2.45, 2.75) is 20.4 Å². The zero-order valence-electron chi connectivity index (χ0n) is 13.4. The molecule has 0 aliphatic heterocycles. The summed E-state index contributed by atoms with van der Waals surface area (Å²) in [5, 5.41) is 0. The number of hydrogen-bond acceptors (Lipinski definition) is 5. The topological polar surface area (TPSA) is 72.4 Å². The number of rotatable bonds is 5. The fourth-order valence-electron chi connectivity index (χ4n) is 2.08. The molecule has 1 aromatic heterocycles. The van der Waals surface area contributed by atoms with Gasteiger partial charge in [0.15, 0.2) is 12.3 Å². The zero-order chi connectivity index (χ0) is 16.8. The van der Waals surface area contributed by atoms with Crippen LogP contribution in [0.2, 0.25) is 0 Å². The summed E-state index contributed by atoms with van der Waals surface area (Å²) < 4.78 is 4.97. The van der Waals surface area contributed by atoms with E-state index >= 15 is 0 Å². The van der Waals surface area contributed by atoms with Gasteiger partial charge in [-0.3, -0.25) is 9.78 Å². The Labute approximate surface area is 135 Å². The Morgan fingerprint density at radius 2 is 2.00 bits per heavy atom. The first kappa shape index (κ1) is 16.6. The molecule has 0 atom stereocenters. The van der Waals surface area contributed by atoms with Gasteiger partial charge in [0.2, 0.25) is 0 Å². The van der Waals surface area contributed by atoms with E-state index in [1.54, 1.807) is 7.05 Å². The van der Waals surface area contributed by atoms with Gasteiger partial charge in [-0.1, -0.05) is 23.8 Å². The minimum Gasteiger partial charge on any atom is -0.451 e. The van der Waals surface area contributed by atoms with Gasteiger partial charge in [0.1, 0.15) is 0 Å². The molecule has 6 heteroatoms. The lowest BCUT2D eigenvalue weighted by molar-refractivity contribution is -0.133. The van der Waals surface area contributed by atoms with Gasteiger partial charge in [-0.05, 0) is 25.0 Å². The van der Waals surface area contributed by atoms with Gasteiger partial charge in [0, 0.05) is 26.0 Å². The van der Waals surface area contributed by atoms with Crippen molar-refractivity contribution in [2.24, 2.45) is 0 Å². The van der Waals surface area contributed by atoms with Gasteiger partial charge in [-0.25, -0.2) is 9.78 Å². The summed E-state index contributed by atoms with van der Waals surface area (Å²) in [6, 6.07) is 6.08. The molecule has 1 amide bonds. The molecule has 0 radical (unpaired) electrons. The second kappa shape index (κ2) is 7.49. The normalized spacial score (nSPS) is 10.2. The van der Waals surface area contributed by atoms with E-state index in [0.29, 0.717) is 6.54 Å². The van der Waals surface area contributed by atoms with E-state index in [2.05, 4.69) is 16.0 Å². The van der Waals surface area contributed by atoms with Crippen LogP contribution >= 0.6 is 0 Å². The van der Waals surface area contributed by atoms with Crippen LogP contribution in [0.4, 0.5) is 0 Å². The number of hydrogen-bond donors (Lipinski definition) is 0. The van der Waals surface area contributed by atoms with Gasteiger partial charge in [0.25, 0.3) is 5.91 Å². The molecule has 0 aliphatic rings. The monoisotopic (exact) mass is 313 g/mol. The van der Waals surface area contributed by atoms with Crippen molar-refractivity contribution in [3.8, 4) is 0 Å². The highest BCUT2D eigenvalue weighted by molar-refractivity contribution is 5.89. The number of benzene rings is 1. The van der Waals surface area contributed by atoms with Crippen molar-refractivity contribution in [3.63, 3.8) is 0 Å². The predicted octanol–water partition coefficient (Wildman–Crippen LogP) is 1.91. The Kier molecular flexibility index (Phi) is 5.41. The second-order valence-electron chi connectivity index (χ2n) is 5.35. The fraction of sp³-hybridized carbons (Fsp3) is 0.294. The summed E-state index contributed by atoms with van der Waals surface area (Å²) >= 11 is 0. The first-order valence-electron chi connectivity index (χ1n) is 7.20. The summed E-state index contributed by atoms with van der Waals surface area (Å²) in [5.74, 6) is -0.936. The van der Waals surface area contributed by atoms with Gasteiger partial charge in [0.05, 0.1) is 6.20 Å². The quantitative estimate of drug-likeness (QED) is 0.788. The van der Waals surface area contributed by atoms with E-state index in [0.717, 1.165) is 11.1 Å². The van der Waals surface area contributed by atoms with E-state index in [1.807, 2.05) is 26.0 Å². The number of nitrogens with zero attached hydrogens (tertiary/aromatic N) is 3. The lowest BCUT2D eigenvalue weighted by atomic mass is 10.1. The molecule has 120 valence electrons. The Morgan fingerprint density at radius 1 is 1.22 bits per heavy atom. The Bertz CT molecular complexity index is 701. The number of carbonyl (C=O) groups is 2. The number of esters is 1. The average molecular weight is 313 g/mol. The van der Waals surface area contributed by atoms with Crippen LogP contribution < -0.4 is 0 Å². The molecule has 23 heavy (non-hydrogen) atoms. The molecule has 0 saturated carbocycles. The maximum atomic E-state index is 12.1. The average Bonchev–Trinajstić information content (AvgIpc) is 2.55. The standard InChI is InChI=1S/C17H19N3O3/c1-12-4-5-14(13(2)8-12)10-20(3)16(21)11-23-17(22)15-9-18-6-7-19-15/h4-9H,10-11H2,1-3H3. The summed E-state index contributed by atoms with van der Waals surface area (Å²) in [6.45, 7) is 4.18. The molecule has 0 aliphatic carbocycles. The maximum Gasteiger partial charge on any atom is 0.359 e. The molecule has 1 aromatic carbocycles. The molecule has 0 fully saturated rings. The van der Waals surface area contributed by atoms with E-state index in [-0.39, 0.29) is 18.2 Å². The molecule has 0 unspecified atom stereocenters. The van der Waals surface area contributed by atoms with Crippen LogP contribution in [0.3, 0.4) is 0 Å². The summed E-state index contributed by atoms with van der Waals surface area (Å²) in [5.41, 5.74) is 3.45. The summed E-state index contributed by atoms with van der Waals surface area (Å²) in [7, 11) is 1.68. The van der Waals surface area contributed by atoms with Crippen molar-refractivity contribution in [1.29, 1.82) is 0 Å². The molecule has 2 rings (SSSR count). The third kappa shape index (κ3) is 4.60. The molecule has 0 spiro atoms. The number of carbonyl (C=O) groups excluding carboxylic acids is 2. The molecular formula is C17H19N3O3. The van der Waals surface area contributed by atoms with Crippen LogP contribution in [0.1, 0.15) is 27.2 Å². The molecule has 2 aromatic rings. The fourth-order valence-corrected chi connectivity index (χ4v) is 2.08. The molecule has 0 saturated heterocycles. The lowest BCUT2D eigenvalue weighted by Gasteiger charge is -2.18. The van der Waals surface area contributed by atoms with Gasteiger partial charge in [-0.2, -0.15) is 0 Å². The van der Waals surface area contributed by atoms with E-state index in [9.17, 15) is 9.59 Å². The van der Waals surface area contributed by atoms with Crippen LogP contribution in [0.15, 0.2) is 36.8 Å². The van der Waals surface area contributed by atoms with Crippen LogP contribution in [0, 0.1) is 13.8 Å². The zero-order valence-corrected chi connectivity index (χ0v) is 13.4. The second-order valence-corrected chi connectivity index (χ2v) is 5.35. The Balaban J connectivity index is 1.89. The highest BCUT2D eigenvalue weighted by Crippen LogP contribution is 2.12. The summed E-state index contributed by atoms with van der Waals surface area (Å²) in [4.78, 5) is 32.9. The van der Waals surface area contributed by atoms with Crippen molar-refractivity contribution in [1.82, 2.24) is 14.9 Å².